The van der Waals surface area contributed by atoms with Crippen LogP contribution in [-0.4, -0.2) is 17.4 Å². The minimum absolute atomic E-state index is 0.0599. The second kappa shape index (κ2) is 5.71. The van der Waals surface area contributed by atoms with Crippen LogP contribution in [-0.2, 0) is 4.79 Å². The molecule has 18 heavy (non-hydrogen) atoms. The Morgan fingerprint density at radius 3 is 2.61 bits per heavy atom. The summed E-state index contributed by atoms with van der Waals surface area (Å²) in [6.45, 7) is 3.45. The first-order valence-corrected chi connectivity index (χ1v) is 6.45. The van der Waals surface area contributed by atoms with Crippen LogP contribution in [0.2, 0.25) is 5.02 Å². The first-order valence-electron chi connectivity index (χ1n) is 5.28. The number of carbonyl (C=O) groups excluding carboxylic acids is 2. The van der Waals surface area contributed by atoms with Crippen LogP contribution in [0.3, 0.4) is 0 Å². The molecule has 0 aliphatic carbocycles. The molecular weight excluding hydrogens is 320 g/mol. The van der Waals surface area contributed by atoms with Crippen LogP contribution in [0.1, 0.15) is 30.6 Å². The third kappa shape index (κ3) is 3.99. The summed E-state index contributed by atoms with van der Waals surface area (Å²) in [5.74, 6) is -0.812. The fraction of sp³-hybridized carbons (Fsp3) is 0.333. The smallest absolute Gasteiger partial charge is 0.253 e. The molecule has 0 spiro atoms. The molecule has 0 aliphatic heterocycles. The Balaban J connectivity index is 2.89. The van der Waals surface area contributed by atoms with Crippen LogP contribution in [0.15, 0.2) is 22.7 Å². The predicted octanol–water partition coefficient (Wildman–Crippen LogP) is 2.49. The number of benzene rings is 1. The van der Waals surface area contributed by atoms with Crippen LogP contribution < -0.4 is 11.1 Å². The molecule has 0 aromatic heterocycles. The van der Waals surface area contributed by atoms with E-state index in [9.17, 15) is 9.59 Å². The van der Waals surface area contributed by atoms with Crippen molar-refractivity contribution in [3.05, 3.63) is 33.3 Å². The zero-order valence-electron chi connectivity index (χ0n) is 10.1. The molecule has 1 aromatic carbocycles. The molecule has 4 nitrogen and oxygen atoms in total. The first-order chi connectivity index (χ1) is 8.23. The van der Waals surface area contributed by atoms with Gasteiger partial charge in [0.1, 0.15) is 0 Å². The Kier molecular flexibility index (Phi) is 4.76. The Hall–Kier alpha value is -1.07. The minimum Gasteiger partial charge on any atom is -0.370 e. The number of hydrogen-bond acceptors (Lipinski definition) is 2. The second-order valence-corrected chi connectivity index (χ2v) is 5.81. The van der Waals surface area contributed by atoms with Gasteiger partial charge in [-0.25, -0.2) is 0 Å². The highest BCUT2D eigenvalue weighted by molar-refractivity contribution is 9.10. The highest BCUT2D eigenvalue weighted by Crippen LogP contribution is 2.26. The molecule has 0 fully saturated rings. The molecule has 98 valence electrons. The minimum atomic E-state index is -0.714. The molecule has 0 heterocycles. The lowest BCUT2D eigenvalue weighted by atomic mass is 9.99. The molecule has 0 bridgehead atoms. The predicted molar refractivity (Wildman–Crippen MR) is 74.5 cm³/mol. The summed E-state index contributed by atoms with van der Waals surface area (Å²) in [4.78, 5) is 22.9. The number of amides is 2. The van der Waals surface area contributed by atoms with Crippen molar-refractivity contribution in [2.24, 2.45) is 5.73 Å². The Morgan fingerprint density at radius 1 is 1.44 bits per heavy atom. The van der Waals surface area contributed by atoms with E-state index in [4.69, 9.17) is 17.3 Å². The molecule has 2 amide bonds. The second-order valence-electron chi connectivity index (χ2n) is 4.58. The number of hydrogen-bond donors (Lipinski definition) is 2. The molecule has 3 N–H and O–H groups in total. The number of primary amides is 1. The zero-order chi connectivity index (χ0) is 13.9. The quantitative estimate of drug-likeness (QED) is 0.888. The summed E-state index contributed by atoms with van der Waals surface area (Å²) in [5.41, 5.74) is 4.76. The van der Waals surface area contributed by atoms with Gasteiger partial charge in [-0.15, -0.1) is 0 Å². The van der Waals surface area contributed by atoms with Gasteiger partial charge in [-0.05, 0) is 41.9 Å². The summed E-state index contributed by atoms with van der Waals surface area (Å²) < 4.78 is 0.643. The van der Waals surface area contributed by atoms with Crippen molar-refractivity contribution in [3.63, 3.8) is 0 Å². The van der Waals surface area contributed by atoms with Gasteiger partial charge in [-0.2, -0.15) is 0 Å². The van der Waals surface area contributed by atoms with E-state index in [-0.39, 0.29) is 12.3 Å². The van der Waals surface area contributed by atoms with Crippen molar-refractivity contribution in [1.82, 2.24) is 5.32 Å². The third-order valence-electron chi connectivity index (χ3n) is 2.26. The molecule has 1 aromatic rings. The maximum absolute atomic E-state index is 12.0. The fourth-order valence-corrected chi connectivity index (χ4v) is 2.11. The van der Waals surface area contributed by atoms with E-state index in [1.165, 1.54) is 0 Å². The molecule has 0 atom stereocenters. The summed E-state index contributed by atoms with van der Waals surface area (Å²) in [5, 5.41) is 3.06. The van der Waals surface area contributed by atoms with Gasteiger partial charge >= 0.3 is 0 Å². The van der Waals surface area contributed by atoms with E-state index in [0.29, 0.717) is 15.1 Å². The number of halogens is 2. The average molecular weight is 334 g/mol. The van der Waals surface area contributed by atoms with Gasteiger partial charge in [0.05, 0.1) is 10.6 Å². The van der Waals surface area contributed by atoms with Crippen molar-refractivity contribution in [1.29, 1.82) is 0 Å². The summed E-state index contributed by atoms with van der Waals surface area (Å²) in [6.07, 6.45) is 0.0599. The van der Waals surface area contributed by atoms with Gasteiger partial charge in [0, 0.05) is 16.4 Å². The average Bonchev–Trinajstić information content (AvgIpc) is 2.18. The van der Waals surface area contributed by atoms with Gasteiger partial charge in [-0.3, -0.25) is 9.59 Å². The number of rotatable bonds is 4. The van der Waals surface area contributed by atoms with Crippen molar-refractivity contribution < 1.29 is 9.59 Å². The molecule has 0 unspecified atom stereocenters. The molecule has 0 saturated carbocycles. The summed E-state index contributed by atoms with van der Waals surface area (Å²) in [6, 6.07) is 5.07. The van der Waals surface area contributed by atoms with Gasteiger partial charge < -0.3 is 11.1 Å². The van der Waals surface area contributed by atoms with E-state index in [2.05, 4.69) is 21.2 Å². The van der Waals surface area contributed by atoms with Crippen molar-refractivity contribution in [2.75, 3.05) is 0 Å². The van der Waals surface area contributed by atoms with Gasteiger partial charge in [-0.1, -0.05) is 17.7 Å². The highest BCUT2D eigenvalue weighted by atomic mass is 79.9. The largest absolute Gasteiger partial charge is 0.370 e. The number of nitrogens with one attached hydrogen (secondary N) is 1. The SMILES string of the molecule is CC(C)(CC(N)=O)NC(=O)c1cccc(Br)c1Cl. The zero-order valence-corrected chi connectivity index (χ0v) is 12.4. The van der Waals surface area contributed by atoms with Crippen LogP contribution in [0.4, 0.5) is 0 Å². The van der Waals surface area contributed by atoms with Gasteiger partial charge in [0.2, 0.25) is 5.91 Å². The van der Waals surface area contributed by atoms with Crippen LogP contribution in [0, 0.1) is 0 Å². The normalized spacial score (nSPS) is 11.1. The number of nitrogens with two attached hydrogens (primary N) is 1. The standard InChI is InChI=1S/C12H14BrClN2O2/c1-12(2,6-9(15)17)16-11(18)7-4-3-5-8(13)10(7)14/h3-5H,6H2,1-2H3,(H2,15,17)(H,16,18). The van der Waals surface area contributed by atoms with Crippen LogP contribution >= 0.6 is 27.5 Å². The molecule has 0 saturated heterocycles. The summed E-state index contributed by atoms with van der Waals surface area (Å²) >= 11 is 9.27. The Bertz CT molecular complexity index is 489. The van der Waals surface area contributed by atoms with Crippen LogP contribution in [0.25, 0.3) is 0 Å². The molecule has 0 aliphatic rings. The topological polar surface area (TPSA) is 72.2 Å². The maximum atomic E-state index is 12.0. The monoisotopic (exact) mass is 332 g/mol. The lowest BCUT2D eigenvalue weighted by Crippen LogP contribution is -2.46. The molecule has 6 heteroatoms. The van der Waals surface area contributed by atoms with Crippen LogP contribution in [0.5, 0.6) is 0 Å². The van der Waals surface area contributed by atoms with Crippen molar-refractivity contribution >= 4 is 39.3 Å². The van der Waals surface area contributed by atoms with Crippen molar-refractivity contribution in [2.45, 2.75) is 25.8 Å². The third-order valence-corrected chi connectivity index (χ3v) is 3.56. The van der Waals surface area contributed by atoms with Gasteiger partial charge in [0.25, 0.3) is 5.91 Å². The Morgan fingerprint density at radius 2 is 2.06 bits per heavy atom. The van der Waals surface area contributed by atoms with E-state index < -0.39 is 11.4 Å². The molecular formula is C12H14BrClN2O2. The Labute approximate surface area is 119 Å². The van der Waals surface area contributed by atoms with E-state index in [0.717, 1.165) is 0 Å². The first kappa shape index (κ1) is 15.0. The van der Waals surface area contributed by atoms with Gasteiger partial charge in [0.15, 0.2) is 0 Å². The van der Waals surface area contributed by atoms with Crippen molar-refractivity contribution in [3.8, 4) is 0 Å². The van der Waals surface area contributed by atoms with E-state index in [1.54, 1.807) is 32.0 Å². The lowest BCUT2D eigenvalue weighted by molar-refractivity contribution is -0.119. The maximum Gasteiger partial charge on any atom is 0.253 e. The van der Waals surface area contributed by atoms with E-state index in [1.807, 2.05) is 0 Å². The fourth-order valence-electron chi connectivity index (χ4n) is 1.53. The number of carbonyl (C=O) groups is 2. The molecule has 0 radical (unpaired) electrons. The molecule has 1 rings (SSSR count). The lowest BCUT2D eigenvalue weighted by Gasteiger charge is -2.25. The van der Waals surface area contributed by atoms with E-state index >= 15 is 0 Å². The summed E-state index contributed by atoms with van der Waals surface area (Å²) in [7, 11) is 0. The highest BCUT2D eigenvalue weighted by Gasteiger charge is 2.24.